The Morgan fingerprint density at radius 3 is 2.59 bits per heavy atom. The molecule has 1 unspecified atom stereocenters. The normalized spacial score (nSPS) is 17.3. The van der Waals surface area contributed by atoms with Crippen molar-refractivity contribution in [3.63, 3.8) is 0 Å². The number of alkyl halides is 3. The van der Waals surface area contributed by atoms with E-state index in [4.69, 9.17) is 5.73 Å². The molecule has 12 heteroatoms. The Bertz CT molecular complexity index is 895. The van der Waals surface area contributed by atoms with Gasteiger partial charge in [0.2, 0.25) is 11.8 Å². The molecular weight excluding hydrogens is 395 g/mol. The molecule has 0 spiro atoms. The summed E-state index contributed by atoms with van der Waals surface area (Å²) < 4.78 is 40.6. The maximum absolute atomic E-state index is 12.7. The minimum Gasteiger partial charge on any atom is -0.406 e. The van der Waals surface area contributed by atoms with Crippen molar-refractivity contribution in [2.75, 3.05) is 6.54 Å². The summed E-state index contributed by atoms with van der Waals surface area (Å²) in [6.45, 7) is -0.314. The van der Waals surface area contributed by atoms with Crippen LogP contribution in [0.25, 0.3) is 0 Å². The third-order valence-corrected chi connectivity index (χ3v) is 4.10. The Hall–Kier alpha value is -3.57. The number of benzene rings is 1. The lowest BCUT2D eigenvalue weighted by atomic mass is 10.1. The largest absolute Gasteiger partial charge is 0.573 e. The van der Waals surface area contributed by atoms with Crippen LogP contribution in [-0.4, -0.2) is 41.9 Å². The summed E-state index contributed by atoms with van der Waals surface area (Å²) in [6, 6.07) is 2.18. The van der Waals surface area contributed by atoms with E-state index in [1.54, 1.807) is 6.21 Å². The van der Waals surface area contributed by atoms with Gasteiger partial charge in [0.15, 0.2) is 5.82 Å². The Kier molecular flexibility index (Phi) is 5.43. The van der Waals surface area contributed by atoms with Crippen molar-refractivity contribution >= 4 is 24.1 Å². The molecule has 2 heterocycles. The number of ether oxygens (including phenoxy) is 1. The van der Waals surface area contributed by atoms with Gasteiger partial charge in [-0.25, -0.2) is 9.79 Å². The first kappa shape index (κ1) is 20.2. The number of hydrogen-bond acceptors (Lipinski definition) is 5. The molecule has 0 radical (unpaired) electrons. The molecule has 1 aromatic rings. The number of primary amides is 1. The van der Waals surface area contributed by atoms with Crippen molar-refractivity contribution in [1.82, 2.24) is 15.5 Å². The third kappa shape index (κ3) is 4.83. The third-order valence-electron chi connectivity index (χ3n) is 4.10. The molecule has 3 rings (SSSR count). The first-order valence-electron chi connectivity index (χ1n) is 8.42. The number of hydrogen-bond donors (Lipinski definition) is 3. The number of nitrogens with zero attached hydrogens (tertiary/aromatic N) is 2. The summed E-state index contributed by atoms with van der Waals surface area (Å²) in [6.07, 6.45) is -2.17. The topological polar surface area (TPSA) is 126 Å². The maximum atomic E-state index is 12.7. The van der Waals surface area contributed by atoms with E-state index in [0.29, 0.717) is 18.5 Å². The van der Waals surface area contributed by atoms with Gasteiger partial charge < -0.3 is 21.1 Å². The lowest BCUT2D eigenvalue weighted by Crippen LogP contribution is -2.51. The average molecular weight is 411 g/mol. The summed E-state index contributed by atoms with van der Waals surface area (Å²) in [4.78, 5) is 41.6. The molecule has 9 nitrogen and oxygen atoms in total. The molecule has 2 aliphatic rings. The summed E-state index contributed by atoms with van der Waals surface area (Å²) in [5.41, 5.74) is 5.97. The number of rotatable bonds is 4. The number of allylic oxidation sites excluding steroid dienone is 1. The second-order valence-electron chi connectivity index (χ2n) is 6.19. The summed E-state index contributed by atoms with van der Waals surface area (Å²) in [5, 5.41) is 5.03. The predicted molar refractivity (Wildman–Crippen MR) is 93.2 cm³/mol. The highest BCUT2D eigenvalue weighted by molar-refractivity contribution is 5.92. The number of carbonyl (C=O) groups is 3. The standard InChI is InChI=1S/C17H16F3N5O4/c18-17(19,20)29-10-5-3-9(4-6-10)13(14(21)27)24-16(28)25-8-12(26)23-11-2-1-7-22-15(11)25/h3-7,13H,1-2,8H2,(H2,21,27)(H,23,26)(H,24,28). The van der Waals surface area contributed by atoms with Crippen molar-refractivity contribution < 1.29 is 32.3 Å². The van der Waals surface area contributed by atoms with E-state index in [1.807, 2.05) is 0 Å². The molecule has 4 N–H and O–H groups in total. The zero-order valence-corrected chi connectivity index (χ0v) is 14.8. The molecule has 0 aromatic heterocycles. The van der Waals surface area contributed by atoms with Crippen LogP contribution in [0.15, 0.2) is 40.8 Å². The summed E-state index contributed by atoms with van der Waals surface area (Å²) in [7, 11) is 0. The highest BCUT2D eigenvalue weighted by Crippen LogP contribution is 2.26. The van der Waals surface area contributed by atoms with E-state index in [-0.39, 0.29) is 17.9 Å². The second-order valence-corrected chi connectivity index (χ2v) is 6.19. The van der Waals surface area contributed by atoms with Crippen LogP contribution >= 0.6 is 0 Å². The van der Waals surface area contributed by atoms with Gasteiger partial charge in [-0.05, 0) is 30.5 Å². The van der Waals surface area contributed by atoms with Crippen LogP contribution in [0.1, 0.15) is 24.4 Å². The van der Waals surface area contributed by atoms with E-state index in [0.717, 1.165) is 17.0 Å². The minimum absolute atomic E-state index is 0.142. The lowest BCUT2D eigenvalue weighted by Gasteiger charge is -2.32. The van der Waals surface area contributed by atoms with Crippen LogP contribution in [0.2, 0.25) is 0 Å². The number of aliphatic imine (C=N–C) groups is 1. The zero-order valence-electron chi connectivity index (χ0n) is 14.8. The maximum Gasteiger partial charge on any atom is 0.573 e. The smallest absolute Gasteiger partial charge is 0.406 e. The average Bonchev–Trinajstić information content (AvgIpc) is 2.64. The molecule has 1 atom stereocenters. The molecule has 0 fully saturated rings. The van der Waals surface area contributed by atoms with Crippen molar-refractivity contribution in [1.29, 1.82) is 0 Å². The van der Waals surface area contributed by atoms with Crippen LogP contribution in [0.3, 0.4) is 0 Å². The molecule has 0 saturated carbocycles. The van der Waals surface area contributed by atoms with E-state index >= 15 is 0 Å². The predicted octanol–water partition coefficient (Wildman–Crippen LogP) is 1.29. The zero-order chi connectivity index (χ0) is 21.2. The monoisotopic (exact) mass is 411 g/mol. The van der Waals surface area contributed by atoms with E-state index in [2.05, 4.69) is 20.4 Å². The Morgan fingerprint density at radius 2 is 1.97 bits per heavy atom. The SMILES string of the molecule is NC(=O)C(NC(=O)N1CC(=O)NC2=C1N=CCC2)c1ccc(OC(F)(F)F)cc1. The number of amides is 4. The van der Waals surface area contributed by atoms with Crippen LogP contribution in [0.5, 0.6) is 5.75 Å². The van der Waals surface area contributed by atoms with Gasteiger partial charge in [-0.15, -0.1) is 13.2 Å². The number of nitrogens with two attached hydrogens (primary N) is 1. The van der Waals surface area contributed by atoms with Crippen LogP contribution < -0.4 is 21.1 Å². The molecule has 29 heavy (non-hydrogen) atoms. The van der Waals surface area contributed by atoms with Gasteiger partial charge >= 0.3 is 12.4 Å². The van der Waals surface area contributed by atoms with Crippen LogP contribution in [0, 0.1) is 0 Å². The van der Waals surface area contributed by atoms with E-state index in [1.165, 1.54) is 12.1 Å². The molecule has 4 amide bonds. The van der Waals surface area contributed by atoms with Crippen molar-refractivity contribution in [3.05, 3.63) is 41.3 Å². The fourth-order valence-corrected chi connectivity index (χ4v) is 2.88. The summed E-state index contributed by atoms with van der Waals surface area (Å²) in [5.74, 6) is -1.59. The van der Waals surface area contributed by atoms with Crippen LogP contribution in [0.4, 0.5) is 18.0 Å². The van der Waals surface area contributed by atoms with Gasteiger partial charge in [-0.3, -0.25) is 14.5 Å². The number of carbonyl (C=O) groups excluding carboxylic acids is 3. The van der Waals surface area contributed by atoms with Gasteiger partial charge in [-0.1, -0.05) is 12.1 Å². The fraction of sp³-hybridized carbons (Fsp3) is 0.294. The number of nitrogens with one attached hydrogen (secondary N) is 2. The number of urea groups is 1. The highest BCUT2D eigenvalue weighted by Gasteiger charge is 2.33. The van der Waals surface area contributed by atoms with Gasteiger partial charge in [0.25, 0.3) is 0 Å². The van der Waals surface area contributed by atoms with Gasteiger partial charge in [0, 0.05) is 6.21 Å². The second kappa shape index (κ2) is 7.81. The first-order chi connectivity index (χ1) is 13.6. The molecule has 2 aliphatic heterocycles. The molecule has 0 aliphatic carbocycles. The highest BCUT2D eigenvalue weighted by atomic mass is 19.4. The van der Waals surface area contributed by atoms with Crippen molar-refractivity contribution in [3.8, 4) is 5.75 Å². The lowest BCUT2D eigenvalue weighted by molar-refractivity contribution is -0.274. The molecular formula is C17H16F3N5O4. The molecule has 0 bridgehead atoms. The van der Waals surface area contributed by atoms with Gasteiger partial charge in [-0.2, -0.15) is 0 Å². The Balaban J connectivity index is 1.78. The van der Waals surface area contributed by atoms with Gasteiger partial charge in [0.05, 0.1) is 5.70 Å². The van der Waals surface area contributed by atoms with Crippen molar-refractivity contribution in [2.24, 2.45) is 10.7 Å². The quantitative estimate of drug-likeness (QED) is 0.690. The van der Waals surface area contributed by atoms with Crippen molar-refractivity contribution in [2.45, 2.75) is 25.2 Å². The van der Waals surface area contributed by atoms with Gasteiger partial charge in [0.1, 0.15) is 18.3 Å². The minimum atomic E-state index is -4.86. The summed E-state index contributed by atoms with van der Waals surface area (Å²) >= 11 is 0. The number of halogens is 3. The van der Waals surface area contributed by atoms with E-state index < -0.39 is 36.0 Å². The van der Waals surface area contributed by atoms with E-state index in [9.17, 15) is 27.6 Å². The molecule has 1 aromatic carbocycles. The van der Waals surface area contributed by atoms with Crippen LogP contribution in [-0.2, 0) is 9.59 Å². The molecule has 154 valence electrons. The fourth-order valence-electron chi connectivity index (χ4n) is 2.88. The Labute approximate surface area is 162 Å². The Morgan fingerprint density at radius 1 is 1.28 bits per heavy atom. The molecule has 0 saturated heterocycles. The first-order valence-corrected chi connectivity index (χ1v) is 8.42.